The highest BCUT2D eigenvalue weighted by atomic mass is 15.3. The second kappa shape index (κ2) is 14.0. The fourth-order valence-electron chi connectivity index (χ4n) is 9.14. The summed E-state index contributed by atoms with van der Waals surface area (Å²) < 4.78 is 4.67. The Bertz CT molecular complexity index is 3230. The summed E-state index contributed by atoms with van der Waals surface area (Å²) in [7, 11) is 0. The van der Waals surface area contributed by atoms with E-state index in [0.29, 0.717) is 0 Å². The number of benzene rings is 9. The van der Waals surface area contributed by atoms with Crippen LogP contribution in [0.3, 0.4) is 0 Å². The summed E-state index contributed by atoms with van der Waals surface area (Å²) in [6.45, 7) is 0. The first kappa shape index (κ1) is 33.9. The molecule has 0 aliphatic rings. The Hall–Kier alpha value is -7.40. The van der Waals surface area contributed by atoms with Crippen LogP contribution in [-0.2, 0) is 6.42 Å². The molecular formula is C54H40N4. The molecule has 4 heteroatoms. The van der Waals surface area contributed by atoms with Crippen LogP contribution in [0.15, 0.2) is 206 Å². The lowest BCUT2D eigenvalue weighted by Gasteiger charge is -2.23. The number of para-hydroxylation sites is 2. The zero-order chi connectivity index (χ0) is 38.6. The Morgan fingerprint density at radius 3 is 1.71 bits per heavy atom. The Balaban J connectivity index is 1.11. The summed E-state index contributed by atoms with van der Waals surface area (Å²) in [5, 5.41) is 12.3. The van der Waals surface area contributed by atoms with Gasteiger partial charge in [0.25, 0.3) is 0 Å². The fraction of sp³-hybridized carbons (Fsp3) is 0.0370. The zero-order valence-electron chi connectivity index (χ0n) is 31.9. The van der Waals surface area contributed by atoms with Crippen molar-refractivity contribution in [3.05, 3.63) is 218 Å². The molecule has 3 N–H and O–H groups in total. The average Bonchev–Trinajstić information content (AvgIpc) is 3.88. The zero-order valence-corrected chi connectivity index (χ0v) is 31.9. The summed E-state index contributed by atoms with van der Waals surface area (Å²) in [5.74, 6) is 0. The van der Waals surface area contributed by atoms with Gasteiger partial charge in [0.1, 0.15) is 0 Å². The van der Waals surface area contributed by atoms with E-state index in [1.54, 1.807) is 0 Å². The first-order valence-corrected chi connectivity index (χ1v) is 20.0. The van der Waals surface area contributed by atoms with E-state index in [2.05, 4.69) is 221 Å². The van der Waals surface area contributed by atoms with Crippen molar-refractivity contribution in [1.29, 1.82) is 0 Å². The van der Waals surface area contributed by atoms with Gasteiger partial charge in [0, 0.05) is 39.1 Å². The number of aromatic nitrogens is 2. The Morgan fingerprint density at radius 2 is 1.02 bits per heavy atom. The van der Waals surface area contributed by atoms with Gasteiger partial charge in [0.05, 0.1) is 16.6 Å². The summed E-state index contributed by atoms with van der Waals surface area (Å²) in [6.07, 6.45) is 2.31. The minimum atomic E-state index is -0.606. The SMILES string of the molecule is NC(Nc1ccccc1Cc1cc(-c2ccccc2)cc(-c2ccccc2)c1)n1c2c3ccccc3c3ccccc3c2c2ccc3ccn(-c4ccccc4)c3c21. The molecule has 276 valence electrons. The molecule has 1 atom stereocenters. The largest absolute Gasteiger partial charge is 0.353 e. The lowest BCUT2D eigenvalue weighted by molar-refractivity contribution is 0.627. The van der Waals surface area contributed by atoms with E-state index in [-0.39, 0.29) is 0 Å². The topological polar surface area (TPSA) is 47.9 Å². The highest BCUT2D eigenvalue weighted by Crippen LogP contribution is 2.44. The maximum absolute atomic E-state index is 7.59. The normalized spacial score (nSPS) is 12.2. The van der Waals surface area contributed by atoms with E-state index in [1.165, 1.54) is 65.7 Å². The summed E-state index contributed by atoms with van der Waals surface area (Å²) in [5.41, 5.74) is 20.3. The minimum absolute atomic E-state index is 0.606. The third-order valence-electron chi connectivity index (χ3n) is 11.7. The van der Waals surface area contributed by atoms with Crippen molar-refractivity contribution in [1.82, 2.24) is 9.13 Å². The average molecular weight is 745 g/mol. The minimum Gasteiger partial charge on any atom is -0.353 e. The number of fused-ring (bicyclic) bond motifs is 10. The fourth-order valence-corrected chi connectivity index (χ4v) is 9.14. The molecule has 0 spiro atoms. The first-order chi connectivity index (χ1) is 28.7. The van der Waals surface area contributed by atoms with Gasteiger partial charge in [0.2, 0.25) is 0 Å². The number of hydrogen-bond donors (Lipinski definition) is 2. The lowest BCUT2D eigenvalue weighted by atomic mass is 9.93. The Labute approximate surface area is 337 Å². The quantitative estimate of drug-likeness (QED) is 0.120. The molecule has 0 saturated carbocycles. The van der Waals surface area contributed by atoms with E-state index in [9.17, 15) is 0 Å². The van der Waals surface area contributed by atoms with Crippen molar-refractivity contribution < 1.29 is 0 Å². The van der Waals surface area contributed by atoms with Crippen molar-refractivity contribution in [2.24, 2.45) is 5.73 Å². The molecule has 0 bridgehead atoms. The maximum atomic E-state index is 7.59. The van der Waals surface area contributed by atoms with Gasteiger partial charge in [-0.2, -0.15) is 0 Å². The third kappa shape index (κ3) is 5.65. The van der Waals surface area contributed by atoms with Gasteiger partial charge >= 0.3 is 0 Å². The maximum Gasteiger partial charge on any atom is 0.157 e. The van der Waals surface area contributed by atoms with E-state index < -0.39 is 6.29 Å². The summed E-state index contributed by atoms with van der Waals surface area (Å²) >= 11 is 0. The van der Waals surface area contributed by atoms with Gasteiger partial charge in [0.15, 0.2) is 6.29 Å². The van der Waals surface area contributed by atoms with Gasteiger partial charge in [-0.15, -0.1) is 0 Å². The molecule has 11 rings (SSSR count). The van der Waals surface area contributed by atoms with Crippen LogP contribution in [0.25, 0.3) is 82.2 Å². The standard InChI is InChI=1S/C54H40N4/c55-54(56-49-27-15-10-20-40(49)32-36-33-41(37-16-4-1-5-17-37)35-42(34-36)38-18-6-2-7-19-38)58-52-47-26-14-12-24-45(47)44-23-11-13-25-46(44)50(52)48-29-28-39-30-31-57(51(39)53(48)58)43-21-8-3-9-22-43/h1-31,33-35,54,56H,32,55H2. The van der Waals surface area contributed by atoms with Crippen molar-refractivity contribution >= 4 is 59.9 Å². The van der Waals surface area contributed by atoms with Crippen molar-refractivity contribution in [3.63, 3.8) is 0 Å². The molecule has 0 aliphatic heterocycles. The van der Waals surface area contributed by atoms with E-state index in [0.717, 1.165) is 39.7 Å². The Morgan fingerprint density at radius 1 is 0.448 bits per heavy atom. The molecule has 11 aromatic rings. The van der Waals surface area contributed by atoms with Gasteiger partial charge < -0.3 is 14.5 Å². The molecule has 1 unspecified atom stereocenters. The van der Waals surface area contributed by atoms with E-state index >= 15 is 0 Å². The molecule has 4 nitrogen and oxygen atoms in total. The molecular weight excluding hydrogens is 705 g/mol. The molecule has 58 heavy (non-hydrogen) atoms. The van der Waals surface area contributed by atoms with Crippen molar-refractivity contribution in [2.45, 2.75) is 12.7 Å². The number of nitrogens with zero attached hydrogens (tertiary/aromatic N) is 2. The van der Waals surface area contributed by atoms with Crippen LogP contribution in [0.4, 0.5) is 5.69 Å². The second-order valence-corrected chi connectivity index (χ2v) is 15.2. The number of nitrogens with two attached hydrogens (primary N) is 1. The number of nitrogens with one attached hydrogen (secondary N) is 1. The molecule has 0 saturated heterocycles. The van der Waals surface area contributed by atoms with E-state index in [4.69, 9.17) is 5.73 Å². The molecule has 9 aromatic carbocycles. The number of rotatable bonds is 8. The van der Waals surface area contributed by atoms with Crippen LogP contribution in [0, 0.1) is 0 Å². The van der Waals surface area contributed by atoms with Gasteiger partial charge in [-0.1, -0.05) is 170 Å². The smallest absolute Gasteiger partial charge is 0.157 e. The van der Waals surface area contributed by atoms with Crippen LogP contribution in [0.1, 0.15) is 17.4 Å². The Kier molecular flexibility index (Phi) is 8.16. The predicted molar refractivity (Wildman–Crippen MR) is 245 cm³/mol. The summed E-state index contributed by atoms with van der Waals surface area (Å²) in [4.78, 5) is 0. The van der Waals surface area contributed by atoms with Gasteiger partial charge in [-0.3, -0.25) is 5.73 Å². The third-order valence-corrected chi connectivity index (χ3v) is 11.7. The molecule has 2 heterocycles. The van der Waals surface area contributed by atoms with E-state index in [1.807, 2.05) is 0 Å². The molecule has 0 radical (unpaired) electrons. The lowest BCUT2D eigenvalue weighted by Crippen LogP contribution is -2.27. The van der Waals surface area contributed by atoms with Gasteiger partial charge in [-0.25, -0.2) is 0 Å². The number of hydrogen-bond acceptors (Lipinski definition) is 2. The van der Waals surface area contributed by atoms with Crippen molar-refractivity contribution in [2.75, 3.05) is 5.32 Å². The highest BCUT2D eigenvalue weighted by Gasteiger charge is 2.24. The second-order valence-electron chi connectivity index (χ2n) is 15.2. The molecule has 2 aromatic heterocycles. The first-order valence-electron chi connectivity index (χ1n) is 20.0. The van der Waals surface area contributed by atoms with Crippen LogP contribution >= 0.6 is 0 Å². The molecule has 0 aliphatic carbocycles. The summed E-state index contributed by atoms with van der Waals surface area (Å²) in [6, 6.07) is 71.8. The highest BCUT2D eigenvalue weighted by molar-refractivity contribution is 6.33. The monoisotopic (exact) mass is 744 g/mol. The number of anilines is 1. The molecule has 0 fully saturated rings. The van der Waals surface area contributed by atoms with Crippen LogP contribution in [-0.4, -0.2) is 9.13 Å². The van der Waals surface area contributed by atoms with Crippen LogP contribution in [0.2, 0.25) is 0 Å². The van der Waals surface area contributed by atoms with Crippen molar-refractivity contribution in [3.8, 4) is 27.9 Å². The van der Waals surface area contributed by atoms with Crippen LogP contribution < -0.4 is 11.1 Å². The molecule has 0 amide bonds. The van der Waals surface area contributed by atoms with Gasteiger partial charge in [-0.05, 0) is 86.3 Å². The van der Waals surface area contributed by atoms with Crippen LogP contribution in [0.5, 0.6) is 0 Å². The predicted octanol–water partition coefficient (Wildman–Crippen LogP) is 13.5.